The third-order valence-corrected chi connectivity index (χ3v) is 2.87. The topological polar surface area (TPSA) is 4.93 Å². The normalized spacial score (nSPS) is 11.1. The minimum atomic E-state index is 1.11. The van der Waals surface area contributed by atoms with Gasteiger partial charge >= 0.3 is 0 Å². The summed E-state index contributed by atoms with van der Waals surface area (Å²) in [4.78, 5) is 0. The number of rotatable bonds is 4. The van der Waals surface area contributed by atoms with Gasteiger partial charge in [0.05, 0.1) is 0 Å². The second-order valence-corrected chi connectivity index (χ2v) is 4.07. The molecule has 1 aromatic heterocycles. The number of aromatic nitrogens is 1. The van der Waals surface area contributed by atoms with Crippen molar-refractivity contribution in [3.8, 4) is 0 Å². The van der Waals surface area contributed by atoms with Gasteiger partial charge in [-0.2, -0.15) is 0 Å². The Morgan fingerprint density at radius 2 is 2.00 bits per heavy atom. The minimum Gasteiger partial charge on any atom is -0.347 e. The fourth-order valence-electron chi connectivity index (χ4n) is 2.04. The van der Waals surface area contributed by atoms with Crippen LogP contribution in [-0.2, 0) is 6.54 Å². The Kier molecular flexibility index (Phi) is 3.10. The summed E-state index contributed by atoms with van der Waals surface area (Å²) in [5.41, 5.74) is 2.46. The Balaban J connectivity index is 2.27. The van der Waals surface area contributed by atoms with Gasteiger partial charge in [0.25, 0.3) is 0 Å². The van der Waals surface area contributed by atoms with Crippen molar-refractivity contribution in [2.75, 3.05) is 0 Å². The van der Waals surface area contributed by atoms with Crippen molar-refractivity contribution < 1.29 is 0 Å². The summed E-state index contributed by atoms with van der Waals surface area (Å²) in [5.74, 6) is 0. The van der Waals surface area contributed by atoms with Crippen LogP contribution < -0.4 is 0 Å². The molecule has 0 amide bonds. The molecule has 0 atom stereocenters. The maximum atomic E-state index is 4.08. The molecule has 0 bridgehead atoms. The molecule has 1 nitrogen and oxygen atoms in total. The summed E-state index contributed by atoms with van der Waals surface area (Å²) in [5, 5.41) is 1.29. The second kappa shape index (κ2) is 4.52. The molecule has 15 heavy (non-hydrogen) atoms. The van der Waals surface area contributed by atoms with Crippen LogP contribution in [0.25, 0.3) is 10.9 Å². The van der Waals surface area contributed by atoms with E-state index >= 15 is 0 Å². The quantitative estimate of drug-likeness (QED) is 0.657. The molecule has 2 rings (SSSR count). The van der Waals surface area contributed by atoms with E-state index in [2.05, 4.69) is 48.9 Å². The molecule has 0 aliphatic rings. The Bertz CT molecular complexity index is 440. The highest BCUT2D eigenvalue weighted by atomic mass is 14.9. The molecule has 0 spiro atoms. The number of unbranched alkanes of at least 4 members (excludes halogenated alkanes) is 2. The lowest BCUT2D eigenvalue weighted by molar-refractivity contribution is 0.616. The predicted octanol–water partition coefficient (Wildman–Crippen LogP) is 4.01. The average molecular weight is 200 g/mol. The molecule has 1 heteroatoms. The van der Waals surface area contributed by atoms with Crippen molar-refractivity contribution in [2.45, 2.75) is 32.7 Å². The predicted molar refractivity (Wildman–Crippen MR) is 65.9 cm³/mol. The van der Waals surface area contributed by atoms with Crippen LogP contribution in [0.1, 0.15) is 31.7 Å². The van der Waals surface area contributed by atoms with E-state index < -0.39 is 0 Å². The molecule has 0 unspecified atom stereocenters. The molecular formula is C14H18N. The maximum Gasteiger partial charge on any atom is 0.0483 e. The summed E-state index contributed by atoms with van der Waals surface area (Å²) in [7, 11) is 0. The number of aryl methyl sites for hydroxylation is 1. The van der Waals surface area contributed by atoms with Gasteiger partial charge in [0, 0.05) is 23.6 Å². The minimum absolute atomic E-state index is 1.11. The van der Waals surface area contributed by atoms with Crippen molar-refractivity contribution in [1.82, 2.24) is 4.57 Å². The van der Waals surface area contributed by atoms with E-state index in [1.165, 1.54) is 30.2 Å². The maximum absolute atomic E-state index is 4.08. The van der Waals surface area contributed by atoms with Crippen molar-refractivity contribution in [2.24, 2.45) is 0 Å². The van der Waals surface area contributed by atoms with E-state index in [1.807, 2.05) is 0 Å². The SMILES string of the molecule is [CH2]c1cn(CCCCC)c2ccccc12. The van der Waals surface area contributed by atoms with Crippen molar-refractivity contribution in [3.63, 3.8) is 0 Å². The molecule has 0 aliphatic heterocycles. The molecule has 1 heterocycles. The highest BCUT2D eigenvalue weighted by Crippen LogP contribution is 2.20. The molecule has 0 aliphatic carbocycles. The largest absolute Gasteiger partial charge is 0.347 e. The van der Waals surface area contributed by atoms with Crippen LogP contribution in [0.5, 0.6) is 0 Å². The number of benzene rings is 1. The number of hydrogen-bond donors (Lipinski definition) is 0. The summed E-state index contributed by atoms with van der Waals surface area (Å²) in [6.45, 7) is 7.43. The monoisotopic (exact) mass is 200 g/mol. The van der Waals surface area contributed by atoms with Crippen LogP contribution in [0.2, 0.25) is 0 Å². The smallest absolute Gasteiger partial charge is 0.0483 e. The Morgan fingerprint density at radius 3 is 2.80 bits per heavy atom. The average Bonchev–Trinajstić information content (AvgIpc) is 2.58. The molecule has 1 radical (unpaired) electrons. The van der Waals surface area contributed by atoms with Gasteiger partial charge in [-0.3, -0.25) is 0 Å². The lowest BCUT2D eigenvalue weighted by Gasteiger charge is -2.03. The molecular weight excluding hydrogens is 182 g/mol. The van der Waals surface area contributed by atoms with E-state index in [0.717, 1.165) is 12.1 Å². The zero-order valence-corrected chi connectivity index (χ0v) is 9.37. The van der Waals surface area contributed by atoms with Gasteiger partial charge in [-0.25, -0.2) is 0 Å². The van der Waals surface area contributed by atoms with Crippen molar-refractivity contribution in [3.05, 3.63) is 42.9 Å². The van der Waals surface area contributed by atoms with E-state index in [4.69, 9.17) is 0 Å². The molecule has 79 valence electrons. The molecule has 2 aromatic rings. The first-order valence-electron chi connectivity index (χ1n) is 5.72. The summed E-state index contributed by atoms with van der Waals surface area (Å²) >= 11 is 0. The van der Waals surface area contributed by atoms with Crippen LogP contribution in [0.4, 0.5) is 0 Å². The Hall–Kier alpha value is -1.24. The fourth-order valence-corrected chi connectivity index (χ4v) is 2.04. The highest BCUT2D eigenvalue weighted by molar-refractivity contribution is 5.84. The van der Waals surface area contributed by atoms with Gasteiger partial charge in [0.2, 0.25) is 0 Å². The van der Waals surface area contributed by atoms with Crippen LogP contribution in [-0.4, -0.2) is 4.57 Å². The lowest BCUT2D eigenvalue weighted by Crippen LogP contribution is -1.95. The Labute approximate surface area is 91.7 Å². The molecule has 0 fully saturated rings. The molecule has 0 N–H and O–H groups in total. The third-order valence-electron chi connectivity index (χ3n) is 2.87. The standard InChI is InChI=1S/C14H18N/c1-3-4-7-10-15-11-12(2)13-8-5-6-9-14(13)15/h5-6,8-9,11H,2-4,7,10H2,1H3. The molecule has 0 saturated heterocycles. The fraction of sp³-hybridized carbons (Fsp3) is 0.357. The van der Waals surface area contributed by atoms with Gasteiger partial charge in [-0.05, 0) is 25.0 Å². The third kappa shape index (κ3) is 2.06. The van der Waals surface area contributed by atoms with E-state index in [9.17, 15) is 0 Å². The van der Waals surface area contributed by atoms with E-state index in [0.29, 0.717) is 0 Å². The Morgan fingerprint density at radius 1 is 1.20 bits per heavy atom. The number of para-hydroxylation sites is 1. The van der Waals surface area contributed by atoms with Crippen LogP contribution in [0, 0.1) is 6.92 Å². The number of hydrogen-bond acceptors (Lipinski definition) is 0. The van der Waals surface area contributed by atoms with E-state index in [1.54, 1.807) is 0 Å². The van der Waals surface area contributed by atoms with Gasteiger partial charge in [0.15, 0.2) is 0 Å². The zero-order valence-electron chi connectivity index (χ0n) is 9.37. The van der Waals surface area contributed by atoms with Crippen molar-refractivity contribution in [1.29, 1.82) is 0 Å². The lowest BCUT2D eigenvalue weighted by atomic mass is 10.2. The summed E-state index contributed by atoms with van der Waals surface area (Å²) in [6, 6.07) is 8.50. The van der Waals surface area contributed by atoms with Gasteiger partial charge in [-0.1, -0.05) is 38.0 Å². The second-order valence-electron chi connectivity index (χ2n) is 4.07. The number of fused-ring (bicyclic) bond motifs is 1. The first-order chi connectivity index (χ1) is 7.33. The van der Waals surface area contributed by atoms with Gasteiger partial charge in [0.1, 0.15) is 0 Å². The first kappa shape index (κ1) is 10.3. The van der Waals surface area contributed by atoms with Crippen LogP contribution in [0.3, 0.4) is 0 Å². The molecule has 0 saturated carbocycles. The first-order valence-corrected chi connectivity index (χ1v) is 5.72. The van der Waals surface area contributed by atoms with Gasteiger partial charge in [-0.15, -0.1) is 0 Å². The summed E-state index contributed by atoms with van der Waals surface area (Å²) in [6.07, 6.45) is 6.00. The van der Waals surface area contributed by atoms with Crippen LogP contribution >= 0.6 is 0 Å². The highest BCUT2D eigenvalue weighted by Gasteiger charge is 2.03. The molecule has 1 aromatic carbocycles. The summed E-state index contributed by atoms with van der Waals surface area (Å²) < 4.78 is 2.33. The van der Waals surface area contributed by atoms with Crippen molar-refractivity contribution >= 4 is 10.9 Å². The van der Waals surface area contributed by atoms with Crippen LogP contribution in [0.15, 0.2) is 30.5 Å². The van der Waals surface area contributed by atoms with E-state index in [-0.39, 0.29) is 0 Å². The number of nitrogens with zero attached hydrogens (tertiary/aromatic N) is 1. The van der Waals surface area contributed by atoms with Gasteiger partial charge < -0.3 is 4.57 Å². The zero-order chi connectivity index (χ0) is 10.7.